The van der Waals surface area contributed by atoms with E-state index in [1.807, 2.05) is 12.1 Å². The fourth-order valence-electron chi connectivity index (χ4n) is 2.66. The van der Waals surface area contributed by atoms with Gasteiger partial charge in [0, 0.05) is 23.8 Å². The van der Waals surface area contributed by atoms with E-state index in [-0.39, 0.29) is 30.6 Å². The van der Waals surface area contributed by atoms with Gasteiger partial charge in [0.1, 0.15) is 5.82 Å². The monoisotopic (exact) mass is 317 g/mol. The summed E-state index contributed by atoms with van der Waals surface area (Å²) in [7, 11) is 0. The normalized spacial score (nSPS) is 16.2. The minimum Gasteiger partial charge on any atom is -0.274 e. The Morgan fingerprint density at radius 2 is 1.45 bits per heavy atom. The Balaban J connectivity index is 1.82. The first kappa shape index (κ1) is 14.7. The number of imide groups is 1. The van der Waals surface area contributed by atoms with Crippen LogP contribution in [0.2, 0.25) is 5.02 Å². The van der Waals surface area contributed by atoms with Crippen LogP contribution in [0.3, 0.4) is 0 Å². The highest BCUT2D eigenvalue weighted by atomic mass is 35.5. The van der Waals surface area contributed by atoms with Crippen molar-refractivity contribution in [2.24, 2.45) is 0 Å². The smallest absolute Gasteiger partial charge is 0.234 e. The van der Waals surface area contributed by atoms with Gasteiger partial charge in [-0.2, -0.15) is 0 Å². The SMILES string of the molecule is O=C1CC(c2ccc(Cl)cc2)CC(=O)N1c1ccc(F)cc1. The Labute approximate surface area is 132 Å². The van der Waals surface area contributed by atoms with E-state index >= 15 is 0 Å². The van der Waals surface area contributed by atoms with Gasteiger partial charge in [0.2, 0.25) is 11.8 Å². The van der Waals surface area contributed by atoms with Gasteiger partial charge in [-0.25, -0.2) is 4.39 Å². The second-order valence-electron chi connectivity index (χ2n) is 5.26. The van der Waals surface area contributed by atoms with Crippen LogP contribution in [0.4, 0.5) is 10.1 Å². The van der Waals surface area contributed by atoms with Crippen LogP contribution < -0.4 is 4.90 Å². The van der Waals surface area contributed by atoms with Crippen LogP contribution in [0.25, 0.3) is 0 Å². The molecule has 2 aromatic rings. The lowest BCUT2D eigenvalue weighted by atomic mass is 9.88. The largest absolute Gasteiger partial charge is 0.274 e. The molecule has 0 radical (unpaired) electrons. The van der Waals surface area contributed by atoms with Crippen molar-refractivity contribution in [2.45, 2.75) is 18.8 Å². The lowest BCUT2D eigenvalue weighted by Crippen LogP contribution is -2.42. The molecule has 0 aliphatic carbocycles. The number of hydrogen-bond donors (Lipinski definition) is 0. The van der Waals surface area contributed by atoms with Crippen molar-refractivity contribution in [1.29, 1.82) is 0 Å². The molecule has 22 heavy (non-hydrogen) atoms. The first-order valence-corrected chi connectivity index (χ1v) is 7.29. The molecule has 0 atom stereocenters. The standard InChI is InChI=1S/C17H13ClFNO2/c18-13-3-1-11(2-4-13)12-9-16(21)20(17(22)10-12)15-7-5-14(19)6-8-15/h1-8,12H,9-10H2. The lowest BCUT2D eigenvalue weighted by molar-refractivity contribution is -0.129. The molecule has 112 valence electrons. The Morgan fingerprint density at radius 3 is 2.00 bits per heavy atom. The molecule has 0 bridgehead atoms. The number of amides is 2. The Bertz CT molecular complexity index is 694. The average Bonchev–Trinajstić information content (AvgIpc) is 2.49. The molecule has 2 aromatic carbocycles. The average molecular weight is 318 g/mol. The highest BCUT2D eigenvalue weighted by Crippen LogP contribution is 2.32. The predicted molar refractivity (Wildman–Crippen MR) is 82.3 cm³/mol. The second-order valence-corrected chi connectivity index (χ2v) is 5.69. The maximum Gasteiger partial charge on any atom is 0.234 e. The summed E-state index contributed by atoms with van der Waals surface area (Å²) in [5.74, 6) is -1.10. The summed E-state index contributed by atoms with van der Waals surface area (Å²) < 4.78 is 13.0. The molecular weight excluding hydrogens is 305 g/mol. The second kappa shape index (κ2) is 5.89. The van der Waals surface area contributed by atoms with E-state index in [1.165, 1.54) is 24.3 Å². The van der Waals surface area contributed by atoms with E-state index in [0.29, 0.717) is 10.7 Å². The van der Waals surface area contributed by atoms with Crippen LogP contribution in [-0.4, -0.2) is 11.8 Å². The maximum absolute atomic E-state index is 13.0. The Morgan fingerprint density at radius 1 is 0.909 bits per heavy atom. The summed E-state index contributed by atoms with van der Waals surface area (Å²) in [6, 6.07) is 12.5. The number of hydrogen-bond acceptors (Lipinski definition) is 2. The summed E-state index contributed by atoms with van der Waals surface area (Å²) >= 11 is 5.85. The molecular formula is C17H13ClFNO2. The van der Waals surface area contributed by atoms with Crippen molar-refractivity contribution in [3.63, 3.8) is 0 Å². The van der Waals surface area contributed by atoms with Crippen LogP contribution in [0.5, 0.6) is 0 Å². The third-order valence-electron chi connectivity index (χ3n) is 3.77. The third-order valence-corrected chi connectivity index (χ3v) is 4.02. The number of benzene rings is 2. The van der Waals surface area contributed by atoms with Crippen molar-refractivity contribution in [3.8, 4) is 0 Å². The first-order valence-electron chi connectivity index (χ1n) is 6.91. The van der Waals surface area contributed by atoms with Gasteiger partial charge in [-0.1, -0.05) is 23.7 Å². The molecule has 0 N–H and O–H groups in total. The molecule has 0 spiro atoms. The van der Waals surface area contributed by atoms with Crippen LogP contribution in [-0.2, 0) is 9.59 Å². The molecule has 1 fully saturated rings. The number of carbonyl (C=O) groups excluding carboxylic acids is 2. The highest BCUT2D eigenvalue weighted by Gasteiger charge is 2.34. The van der Waals surface area contributed by atoms with Crippen LogP contribution >= 0.6 is 11.6 Å². The number of nitrogens with zero attached hydrogens (tertiary/aromatic N) is 1. The predicted octanol–water partition coefficient (Wildman–Crippen LogP) is 3.92. The zero-order valence-electron chi connectivity index (χ0n) is 11.6. The first-order chi connectivity index (χ1) is 10.5. The van der Waals surface area contributed by atoms with Crippen molar-refractivity contribution in [2.75, 3.05) is 4.90 Å². The van der Waals surface area contributed by atoms with Crippen molar-refractivity contribution in [3.05, 3.63) is 64.9 Å². The zero-order chi connectivity index (χ0) is 15.7. The van der Waals surface area contributed by atoms with Crippen LogP contribution in [0.1, 0.15) is 24.3 Å². The summed E-state index contributed by atoms with van der Waals surface area (Å²) in [4.78, 5) is 25.8. The van der Waals surface area contributed by atoms with Crippen LogP contribution in [0.15, 0.2) is 48.5 Å². The number of carbonyl (C=O) groups is 2. The maximum atomic E-state index is 13.0. The van der Waals surface area contributed by atoms with Crippen molar-refractivity contribution < 1.29 is 14.0 Å². The molecule has 1 aliphatic heterocycles. The molecule has 5 heteroatoms. The van der Waals surface area contributed by atoms with Gasteiger partial charge in [0.25, 0.3) is 0 Å². The molecule has 3 rings (SSSR count). The van der Waals surface area contributed by atoms with Gasteiger partial charge in [-0.15, -0.1) is 0 Å². The number of halogens is 2. The van der Waals surface area contributed by atoms with Gasteiger partial charge in [0.05, 0.1) is 5.69 Å². The molecule has 1 aliphatic rings. The fourth-order valence-corrected chi connectivity index (χ4v) is 2.79. The topological polar surface area (TPSA) is 37.4 Å². The minimum atomic E-state index is -0.403. The van der Waals surface area contributed by atoms with E-state index in [9.17, 15) is 14.0 Å². The summed E-state index contributed by atoms with van der Waals surface area (Å²) in [6.07, 6.45) is 0.482. The molecule has 1 saturated heterocycles. The molecule has 0 aromatic heterocycles. The van der Waals surface area contributed by atoms with E-state index in [4.69, 9.17) is 11.6 Å². The molecule has 0 saturated carbocycles. The zero-order valence-corrected chi connectivity index (χ0v) is 12.4. The van der Waals surface area contributed by atoms with Crippen molar-refractivity contribution >= 4 is 29.1 Å². The quantitative estimate of drug-likeness (QED) is 0.787. The highest BCUT2D eigenvalue weighted by molar-refractivity contribution is 6.30. The van der Waals surface area contributed by atoms with E-state index < -0.39 is 5.82 Å². The molecule has 3 nitrogen and oxygen atoms in total. The lowest BCUT2D eigenvalue weighted by Gasteiger charge is -2.30. The van der Waals surface area contributed by atoms with Gasteiger partial charge >= 0.3 is 0 Å². The van der Waals surface area contributed by atoms with Gasteiger partial charge in [-0.3, -0.25) is 14.5 Å². The van der Waals surface area contributed by atoms with E-state index in [2.05, 4.69) is 0 Å². The summed E-state index contributed by atoms with van der Waals surface area (Å²) in [6.45, 7) is 0. The van der Waals surface area contributed by atoms with E-state index in [0.717, 1.165) is 10.5 Å². The summed E-state index contributed by atoms with van der Waals surface area (Å²) in [5, 5.41) is 0.616. The van der Waals surface area contributed by atoms with Crippen LogP contribution in [0, 0.1) is 5.82 Å². The number of rotatable bonds is 2. The summed E-state index contributed by atoms with van der Waals surface area (Å²) in [5.41, 5.74) is 1.33. The third kappa shape index (κ3) is 2.88. The van der Waals surface area contributed by atoms with Gasteiger partial charge in [0.15, 0.2) is 0 Å². The van der Waals surface area contributed by atoms with Gasteiger partial charge < -0.3 is 0 Å². The van der Waals surface area contributed by atoms with Gasteiger partial charge in [-0.05, 0) is 42.0 Å². The number of anilines is 1. The molecule has 2 amide bonds. The van der Waals surface area contributed by atoms with Crippen molar-refractivity contribution in [1.82, 2.24) is 0 Å². The fraction of sp³-hybridized carbons (Fsp3) is 0.176. The Kier molecular flexibility index (Phi) is 3.94. The number of piperidine rings is 1. The Hall–Kier alpha value is -2.20. The minimum absolute atomic E-state index is 0.144. The molecule has 0 unspecified atom stereocenters. The van der Waals surface area contributed by atoms with E-state index in [1.54, 1.807) is 12.1 Å². The molecule has 1 heterocycles.